The Morgan fingerprint density at radius 1 is 1.22 bits per heavy atom. The second-order valence-corrected chi connectivity index (χ2v) is 7.87. The molecule has 140 valence electrons. The van der Waals surface area contributed by atoms with E-state index in [0.717, 1.165) is 24.5 Å². The van der Waals surface area contributed by atoms with Crippen molar-refractivity contribution in [1.29, 1.82) is 0 Å². The van der Waals surface area contributed by atoms with E-state index in [1.54, 1.807) is 12.3 Å². The molecule has 0 N–H and O–H groups in total. The van der Waals surface area contributed by atoms with Gasteiger partial charge in [-0.15, -0.1) is 11.8 Å². The van der Waals surface area contributed by atoms with Crippen molar-refractivity contribution in [3.63, 3.8) is 0 Å². The zero-order chi connectivity index (χ0) is 18.6. The molecule has 1 aliphatic heterocycles. The first-order chi connectivity index (χ1) is 13.2. The smallest absolute Gasteiger partial charge is 0.261 e. The van der Waals surface area contributed by atoms with Crippen molar-refractivity contribution < 1.29 is 9.21 Å². The summed E-state index contributed by atoms with van der Waals surface area (Å²) >= 11 is 1.83. The Bertz CT molecular complexity index is 984. The Morgan fingerprint density at radius 2 is 2.11 bits per heavy atom. The number of thioether (sulfide) groups is 1. The number of amides is 1. The normalized spacial score (nSPS) is 17.8. The van der Waals surface area contributed by atoms with Crippen LogP contribution in [0, 0.1) is 0 Å². The molecule has 2 aromatic heterocycles. The average Bonchev–Trinajstić information content (AvgIpc) is 3.12. The zero-order valence-electron chi connectivity index (χ0n) is 14.9. The van der Waals surface area contributed by atoms with Crippen molar-refractivity contribution in [2.75, 3.05) is 18.8 Å². The lowest BCUT2D eigenvalue weighted by molar-refractivity contribution is -0.131. The lowest BCUT2D eigenvalue weighted by atomic mass is 10.2. The molecule has 3 aromatic rings. The number of benzene rings is 1. The van der Waals surface area contributed by atoms with E-state index in [4.69, 9.17) is 4.42 Å². The van der Waals surface area contributed by atoms with E-state index in [2.05, 4.69) is 4.98 Å². The Kier molecular flexibility index (Phi) is 5.29. The molecule has 1 aliphatic rings. The largest absolute Gasteiger partial charge is 0.468 e. The van der Waals surface area contributed by atoms with E-state index in [9.17, 15) is 9.59 Å². The maximum atomic E-state index is 12.6. The maximum absolute atomic E-state index is 12.6. The number of furan rings is 1. The van der Waals surface area contributed by atoms with Crippen molar-refractivity contribution in [2.45, 2.75) is 24.6 Å². The molecular formula is C20H21N3O3S. The Morgan fingerprint density at radius 3 is 2.96 bits per heavy atom. The number of carbonyl (C=O) groups excluding carboxylic acids is 1. The molecule has 1 atom stereocenters. The summed E-state index contributed by atoms with van der Waals surface area (Å²) in [7, 11) is 0. The number of para-hydroxylation sites is 1. The lowest BCUT2D eigenvalue weighted by Crippen LogP contribution is -2.34. The molecule has 1 amide bonds. The molecule has 0 unspecified atom stereocenters. The molecule has 7 heteroatoms. The van der Waals surface area contributed by atoms with Gasteiger partial charge >= 0.3 is 0 Å². The second-order valence-electron chi connectivity index (χ2n) is 6.55. The Labute approximate surface area is 161 Å². The van der Waals surface area contributed by atoms with Gasteiger partial charge in [-0.2, -0.15) is 0 Å². The van der Waals surface area contributed by atoms with Crippen LogP contribution in [0.4, 0.5) is 0 Å². The average molecular weight is 383 g/mol. The van der Waals surface area contributed by atoms with Crippen LogP contribution in [0.25, 0.3) is 10.9 Å². The topological polar surface area (TPSA) is 68.3 Å². The lowest BCUT2D eigenvalue weighted by Gasteiger charge is -2.20. The number of aryl methyl sites for hydroxylation is 1. The molecule has 27 heavy (non-hydrogen) atoms. The first-order valence-electron chi connectivity index (χ1n) is 9.09. The third-order valence-corrected chi connectivity index (χ3v) is 6.14. The number of carbonyl (C=O) groups is 1. The van der Waals surface area contributed by atoms with Gasteiger partial charge in [0.05, 0.1) is 28.7 Å². The summed E-state index contributed by atoms with van der Waals surface area (Å²) in [5, 5.41) is 0.880. The number of rotatable bonds is 4. The highest BCUT2D eigenvalue weighted by atomic mass is 32.2. The number of hydrogen-bond donors (Lipinski definition) is 0. The van der Waals surface area contributed by atoms with Crippen LogP contribution in [0.2, 0.25) is 0 Å². The molecule has 0 spiro atoms. The number of aromatic nitrogens is 2. The molecular weight excluding hydrogens is 362 g/mol. The summed E-state index contributed by atoms with van der Waals surface area (Å²) in [6.07, 6.45) is 4.40. The summed E-state index contributed by atoms with van der Waals surface area (Å²) in [6, 6.07) is 11.2. The van der Waals surface area contributed by atoms with Crippen molar-refractivity contribution in [3.8, 4) is 0 Å². The number of hydrogen-bond acceptors (Lipinski definition) is 5. The van der Waals surface area contributed by atoms with Crippen LogP contribution in [0.3, 0.4) is 0 Å². The van der Waals surface area contributed by atoms with E-state index < -0.39 is 0 Å². The van der Waals surface area contributed by atoms with Gasteiger partial charge in [-0.3, -0.25) is 14.2 Å². The SMILES string of the molecule is O=C(CCn1cnc2ccccc2c1=O)N1CCS[C@@H](c2ccco2)CC1. The van der Waals surface area contributed by atoms with Gasteiger partial charge in [-0.1, -0.05) is 12.1 Å². The Hall–Kier alpha value is -2.54. The Balaban J connectivity index is 1.38. The minimum absolute atomic E-state index is 0.0794. The third-order valence-electron chi connectivity index (χ3n) is 4.85. The summed E-state index contributed by atoms with van der Waals surface area (Å²) in [6.45, 7) is 1.79. The summed E-state index contributed by atoms with van der Waals surface area (Å²) < 4.78 is 7.03. The van der Waals surface area contributed by atoms with Crippen LogP contribution >= 0.6 is 11.8 Å². The fourth-order valence-corrected chi connectivity index (χ4v) is 4.54. The van der Waals surface area contributed by atoms with Crippen LogP contribution in [-0.2, 0) is 11.3 Å². The highest BCUT2D eigenvalue weighted by Crippen LogP contribution is 2.34. The molecule has 3 heterocycles. The van der Waals surface area contributed by atoms with Gasteiger partial charge in [-0.05, 0) is 30.7 Å². The molecule has 1 aromatic carbocycles. The van der Waals surface area contributed by atoms with E-state index in [-0.39, 0.29) is 11.5 Å². The summed E-state index contributed by atoms with van der Waals surface area (Å²) in [5.41, 5.74) is 0.580. The zero-order valence-corrected chi connectivity index (χ0v) is 15.7. The quantitative estimate of drug-likeness (QED) is 0.693. The van der Waals surface area contributed by atoms with Crippen LogP contribution < -0.4 is 5.56 Å². The molecule has 6 nitrogen and oxygen atoms in total. The van der Waals surface area contributed by atoms with Gasteiger partial charge in [0.2, 0.25) is 5.91 Å². The molecule has 0 saturated carbocycles. The highest BCUT2D eigenvalue weighted by molar-refractivity contribution is 7.99. The van der Waals surface area contributed by atoms with Gasteiger partial charge in [0, 0.05) is 31.8 Å². The maximum Gasteiger partial charge on any atom is 0.261 e. The predicted molar refractivity (Wildman–Crippen MR) is 106 cm³/mol. The minimum Gasteiger partial charge on any atom is -0.468 e. The van der Waals surface area contributed by atoms with Gasteiger partial charge < -0.3 is 9.32 Å². The second kappa shape index (κ2) is 8.00. The number of fused-ring (bicyclic) bond motifs is 1. The fraction of sp³-hybridized carbons (Fsp3) is 0.350. The van der Waals surface area contributed by atoms with Gasteiger partial charge in [0.15, 0.2) is 0 Å². The first-order valence-corrected chi connectivity index (χ1v) is 10.1. The van der Waals surface area contributed by atoms with Crippen molar-refractivity contribution in [1.82, 2.24) is 14.5 Å². The van der Waals surface area contributed by atoms with E-state index in [1.807, 2.05) is 47.0 Å². The predicted octanol–water partition coefficient (Wildman–Crippen LogP) is 3.09. The van der Waals surface area contributed by atoms with Crippen LogP contribution in [0.15, 0.2) is 58.2 Å². The van der Waals surface area contributed by atoms with E-state index in [0.29, 0.717) is 35.7 Å². The standard InChI is InChI=1S/C20H21N3O3S/c24-19(22-9-7-18(27-13-11-22)17-6-3-12-26-17)8-10-23-14-21-16-5-2-1-4-15(16)20(23)25/h1-6,12,14,18H,7-11,13H2/t18-/m1/s1. The monoisotopic (exact) mass is 383 g/mol. The molecule has 0 aliphatic carbocycles. The van der Waals surface area contributed by atoms with Crippen molar-refractivity contribution in [3.05, 3.63) is 65.1 Å². The first kappa shape index (κ1) is 17.9. The van der Waals surface area contributed by atoms with Crippen LogP contribution in [0.1, 0.15) is 23.9 Å². The molecule has 4 rings (SSSR count). The minimum atomic E-state index is -0.0993. The molecule has 0 bridgehead atoms. The molecule has 1 fully saturated rings. The van der Waals surface area contributed by atoms with Crippen LogP contribution in [0.5, 0.6) is 0 Å². The number of nitrogens with zero attached hydrogens (tertiary/aromatic N) is 3. The third kappa shape index (κ3) is 3.93. The highest BCUT2D eigenvalue weighted by Gasteiger charge is 2.23. The summed E-state index contributed by atoms with van der Waals surface area (Å²) in [4.78, 5) is 31.4. The van der Waals surface area contributed by atoms with Gasteiger partial charge in [-0.25, -0.2) is 4.98 Å². The summed E-state index contributed by atoms with van der Waals surface area (Å²) in [5.74, 6) is 1.94. The molecule has 0 radical (unpaired) electrons. The van der Waals surface area contributed by atoms with Crippen LogP contribution in [-0.4, -0.2) is 39.2 Å². The van der Waals surface area contributed by atoms with Gasteiger partial charge in [0.1, 0.15) is 5.76 Å². The van der Waals surface area contributed by atoms with Crippen molar-refractivity contribution in [2.24, 2.45) is 0 Å². The van der Waals surface area contributed by atoms with Gasteiger partial charge in [0.25, 0.3) is 5.56 Å². The fourth-order valence-electron chi connectivity index (χ4n) is 3.36. The molecule has 1 saturated heterocycles. The van der Waals surface area contributed by atoms with E-state index in [1.165, 1.54) is 10.9 Å². The van der Waals surface area contributed by atoms with E-state index >= 15 is 0 Å². The van der Waals surface area contributed by atoms with Crippen molar-refractivity contribution >= 4 is 28.6 Å².